The molecule has 1 nitrogen and oxygen atoms in total. The number of furan rings is 1. The average molecular weight is 164 g/mol. The lowest BCUT2D eigenvalue weighted by Gasteiger charge is -1.74. The molecule has 1 aromatic heterocycles. The van der Waals surface area contributed by atoms with Gasteiger partial charge >= 0.3 is 0 Å². The maximum atomic E-state index is 6.90. The Morgan fingerprint density at radius 1 is 1.86 bits per heavy atom. The zero-order chi connectivity index (χ0) is 7.78. The van der Waals surface area contributed by atoms with Crippen LogP contribution in [-0.2, 0) is 0 Å². The summed E-state index contributed by atoms with van der Waals surface area (Å²) in [6.45, 7) is -2.13. The van der Waals surface area contributed by atoms with E-state index in [1.54, 1.807) is 6.07 Å². The van der Waals surface area contributed by atoms with Gasteiger partial charge in [-0.15, -0.1) is 0 Å². The maximum Gasteiger partial charge on any atom is 0.169 e. The highest BCUT2D eigenvalue weighted by Crippen LogP contribution is 2.11. The van der Waals surface area contributed by atoms with Crippen molar-refractivity contribution in [3.05, 3.63) is 22.6 Å². The van der Waals surface area contributed by atoms with Crippen molar-refractivity contribution < 1.29 is 8.53 Å². The summed E-state index contributed by atoms with van der Waals surface area (Å²) in [4.78, 5) is 0. The van der Waals surface area contributed by atoms with E-state index in [1.807, 2.05) is 0 Å². The van der Waals surface area contributed by atoms with E-state index in [2.05, 4.69) is 15.9 Å². The van der Waals surface area contributed by atoms with Crippen LogP contribution in [0.25, 0.3) is 0 Å². The maximum absolute atomic E-state index is 6.90. The number of hydrogen-bond acceptors (Lipinski definition) is 1. The lowest BCUT2D eigenvalue weighted by Crippen LogP contribution is -1.49. The monoisotopic (exact) mass is 163 g/mol. The first kappa shape index (κ1) is 2.35. The van der Waals surface area contributed by atoms with E-state index in [4.69, 9.17) is 8.53 Å². The molecule has 38 valence electrons. The molecule has 1 rings (SSSR count). The van der Waals surface area contributed by atoms with Crippen molar-refractivity contribution >= 4 is 15.9 Å². The highest BCUT2D eigenvalue weighted by molar-refractivity contribution is 9.10. The summed E-state index contributed by atoms with van der Waals surface area (Å²) in [6, 6.07) is 2.98. The minimum absolute atomic E-state index is 0.0133. The molecule has 0 radical (unpaired) electrons. The zero-order valence-corrected chi connectivity index (χ0v) is 5.03. The van der Waals surface area contributed by atoms with Crippen LogP contribution in [0.3, 0.4) is 0 Å². The number of halogens is 1. The molecule has 0 bridgehead atoms. The molecule has 0 aliphatic rings. The van der Waals surface area contributed by atoms with Crippen LogP contribution in [0, 0.1) is 6.85 Å². The summed E-state index contributed by atoms with van der Waals surface area (Å²) in [5, 5.41) is 0. The molecular formula is C5H5BrO. The normalized spacial score (nSPS) is 17.6. The Morgan fingerprint density at radius 3 is 3.00 bits per heavy atom. The SMILES string of the molecule is [2H]C([2H])([2H])c1ccc(Br)o1. The quantitative estimate of drug-likeness (QED) is 0.573. The van der Waals surface area contributed by atoms with E-state index in [9.17, 15) is 0 Å². The van der Waals surface area contributed by atoms with Gasteiger partial charge < -0.3 is 4.42 Å². The van der Waals surface area contributed by atoms with Crippen LogP contribution in [0.1, 0.15) is 9.87 Å². The second-order valence-electron chi connectivity index (χ2n) is 1.10. The molecule has 0 aliphatic heterocycles. The van der Waals surface area contributed by atoms with Crippen molar-refractivity contribution in [1.82, 2.24) is 0 Å². The smallest absolute Gasteiger partial charge is 0.169 e. The van der Waals surface area contributed by atoms with Gasteiger partial charge in [0.25, 0.3) is 0 Å². The lowest BCUT2D eigenvalue weighted by atomic mass is 10.5. The van der Waals surface area contributed by atoms with Gasteiger partial charge in [0.15, 0.2) is 4.67 Å². The molecule has 0 saturated carbocycles. The van der Waals surface area contributed by atoms with Crippen LogP contribution < -0.4 is 0 Å². The van der Waals surface area contributed by atoms with Crippen molar-refractivity contribution in [3.63, 3.8) is 0 Å². The van der Waals surface area contributed by atoms with Gasteiger partial charge in [0.2, 0.25) is 0 Å². The van der Waals surface area contributed by atoms with E-state index < -0.39 is 6.85 Å². The fourth-order valence-corrected chi connectivity index (χ4v) is 0.621. The molecule has 0 aliphatic carbocycles. The van der Waals surface area contributed by atoms with Gasteiger partial charge in [-0.3, -0.25) is 0 Å². The molecule has 1 heterocycles. The van der Waals surface area contributed by atoms with Crippen molar-refractivity contribution in [2.45, 2.75) is 6.85 Å². The first-order valence-electron chi connectivity index (χ1n) is 3.26. The van der Waals surface area contributed by atoms with E-state index in [1.165, 1.54) is 6.07 Å². The van der Waals surface area contributed by atoms with E-state index in [0.717, 1.165) is 0 Å². The number of rotatable bonds is 0. The van der Waals surface area contributed by atoms with Crippen molar-refractivity contribution in [2.75, 3.05) is 0 Å². The van der Waals surface area contributed by atoms with Crippen molar-refractivity contribution in [2.24, 2.45) is 0 Å². The lowest BCUT2D eigenvalue weighted by molar-refractivity contribution is 0.510. The Balaban J connectivity index is 2.96. The molecule has 0 aromatic carbocycles. The van der Waals surface area contributed by atoms with Gasteiger partial charge in [-0.05, 0) is 34.9 Å². The van der Waals surface area contributed by atoms with Gasteiger partial charge in [0, 0.05) is 4.11 Å². The largest absolute Gasteiger partial charge is 0.455 e. The van der Waals surface area contributed by atoms with Crippen LogP contribution in [0.5, 0.6) is 0 Å². The Morgan fingerprint density at radius 2 is 2.71 bits per heavy atom. The van der Waals surface area contributed by atoms with Crippen molar-refractivity contribution in [3.8, 4) is 0 Å². The molecule has 0 amide bonds. The summed E-state index contributed by atoms with van der Waals surface area (Å²) >= 11 is 3.01. The number of hydrogen-bond donors (Lipinski definition) is 0. The van der Waals surface area contributed by atoms with Gasteiger partial charge in [-0.1, -0.05) is 0 Å². The average Bonchev–Trinajstić information content (AvgIpc) is 2.11. The molecule has 0 unspecified atom stereocenters. The molecule has 0 atom stereocenters. The molecule has 0 fully saturated rings. The van der Waals surface area contributed by atoms with Gasteiger partial charge in [-0.2, -0.15) is 0 Å². The Hall–Kier alpha value is -0.240. The van der Waals surface area contributed by atoms with E-state index >= 15 is 0 Å². The predicted molar refractivity (Wildman–Crippen MR) is 31.1 cm³/mol. The van der Waals surface area contributed by atoms with Crippen molar-refractivity contribution in [1.29, 1.82) is 0 Å². The molecule has 0 saturated heterocycles. The highest BCUT2D eigenvalue weighted by Gasteiger charge is 1.87. The summed E-state index contributed by atoms with van der Waals surface area (Å²) in [6.07, 6.45) is 0. The first-order valence-corrected chi connectivity index (χ1v) is 2.55. The summed E-state index contributed by atoms with van der Waals surface area (Å²) in [7, 11) is 0. The summed E-state index contributed by atoms with van der Waals surface area (Å²) in [5.41, 5.74) is 0. The second-order valence-corrected chi connectivity index (χ2v) is 1.89. The van der Waals surface area contributed by atoms with Crippen LogP contribution in [0.15, 0.2) is 21.2 Å². The first-order chi connectivity index (χ1) is 4.50. The topological polar surface area (TPSA) is 13.1 Å². The molecule has 0 spiro atoms. The Kier molecular flexibility index (Phi) is 0.572. The molecule has 2 heteroatoms. The van der Waals surface area contributed by atoms with Gasteiger partial charge in [0.05, 0.1) is 0 Å². The van der Waals surface area contributed by atoms with Crippen LogP contribution >= 0.6 is 15.9 Å². The minimum Gasteiger partial charge on any atom is -0.455 e. The Labute approximate surface area is 54.7 Å². The van der Waals surface area contributed by atoms with Gasteiger partial charge in [-0.25, -0.2) is 0 Å². The minimum atomic E-state index is -2.13. The highest BCUT2D eigenvalue weighted by atomic mass is 79.9. The third kappa shape index (κ3) is 1.06. The third-order valence-electron chi connectivity index (χ3n) is 0.573. The van der Waals surface area contributed by atoms with Crippen LogP contribution in [-0.4, -0.2) is 0 Å². The standard InChI is InChI=1S/C5H5BrO/c1-4-2-3-5(6)7-4/h2-3H,1H3/i1D3. The fourth-order valence-electron chi connectivity index (χ4n) is 0.314. The summed E-state index contributed by atoms with van der Waals surface area (Å²) < 4.78 is 26.0. The second kappa shape index (κ2) is 1.70. The molecule has 0 N–H and O–H groups in total. The van der Waals surface area contributed by atoms with E-state index in [0.29, 0.717) is 4.67 Å². The van der Waals surface area contributed by atoms with E-state index in [-0.39, 0.29) is 5.76 Å². The fraction of sp³-hybridized carbons (Fsp3) is 0.200. The zero-order valence-electron chi connectivity index (χ0n) is 6.44. The van der Waals surface area contributed by atoms with Crippen LogP contribution in [0.2, 0.25) is 0 Å². The van der Waals surface area contributed by atoms with Crippen LogP contribution in [0.4, 0.5) is 0 Å². The molecule has 1 aromatic rings. The van der Waals surface area contributed by atoms with Gasteiger partial charge in [0.1, 0.15) is 5.76 Å². The molecule has 7 heavy (non-hydrogen) atoms. The third-order valence-corrected chi connectivity index (χ3v) is 0.999. The Bertz CT molecular complexity index is 227. The molecular weight excluding hydrogens is 156 g/mol. The number of aryl methyl sites for hydroxylation is 1. The predicted octanol–water partition coefficient (Wildman–Crippen LogP) is 2.35. The summed E-state index contributed by atoms with van der Waals surface area (Å²) in [5.74, 6) is 0.0133.